The second-order valence-electron chi connectivity index (χ2n) is 3.00. The van der Waals surface area contributed by atoms with Gasteiger partial charge in [0.2, 0.25) is 0 Å². The van der Waals surface area contributed by atoms with Gasteiger partial charge in [0.15, 0.2) is 0 Å². The molecule has 0 spiro atoms. The van der Waals surface area contributed by atoms with Gasteiger partial charge in [-0.1, -0.05) is 23.7 Å². The quantitative estimate of drug-likeness (QED) is 0.810. The topological polar surface area (TPSA) is 26.0 Å². The molecule has 0 aliphatic rings. The second-order valence-corrected chi connectivity index (χ2v) is 3.41. The molecular weight excluding hydrogens is 262 g/mol. The van der Waals surface area contributed by atoms with Crippen LogP contribution in [0.1, 0.15) is 17.2 Å². The van der Waals surface area contributed by atoms with E-state index < -0.39 is 17.8 Å². The summed E-state index contributed by atoms with van der Waals surface area (Å²) >= 11 is 5.51. The molecule has 0 heterocycles. The fourth-order valence-electron chi connectivity index (χ4n) is 1.10. The molecule has 2 N–H and O–H groups in total. The standard InChI is InChI=1S/C10H9ClF3N.ClH/c1-2-9(15)6-3-4-7(8(11)5-6)10(12,13)14;/h2-5,9H,1,15H2;1H/t9-;/m1./s1. The van der Waals surface area contributed by atoms with Crippen molar-refractivity contribution in [1.29, 1.82) is 0 Å². The molecule has 0 radical (unpaired) electrons. The van der Waals surface area contributed by atoms with Gasteiger partial charge in [0.1, 0.15) is 0 Å². The first-order valence-corrected chi connectivity index (χ1v) is 4.49. The van der Waals surface area contributed by atoms with Crippen LogP contribution in [0.2, 0.25) is 5.02 Å². The fourth-order valence-corrected chi connectivity index (χ4v) is 1.40. The maximum atomic E-state index is 12.3. The van der Waals surface area contributed by atoms with Crippen LogP contribution in [0.5, 0.6) is 0 Å². The summed E-state index contributed by atoms with van der Waals surface area (Å²) in [5.41, 5.74) is 5.21. The molecule has 0 unspecified atom stereocenters. The van der Waals surface area contributed by atoms with E-state index in [1.807, 2.05) is 0 Å². The van der Waals surface area contributed by atoms with Crippen molar-refractivity contribution in [1.82, 2.24) is 0 Å². The van der Waals surface area contributed by atoms with Crippen LogP contribution in [0.15, 0.2) is 30.9 Å². The molecule has 0 aliphatic carbocycles. The smallest absolute Gasteiger partial charge is 0.321 e. The number of benzene rings is 1. The summed E-state index contributed by atoms with van der Waals surface area (Å²) in [5.74, 6) is 0. The van der Waals surface area contributed by atoms with E-state index in [1.165, 1.54) is 18.2 Å². The van der Waals surface area contributed by atoms with E-state index in [2.05, 4.69) is 6.58 Å². The molecule has 0 amide bonds. The number of alkyl halides is 3. The Bertz CT molecular complexity index is 377. The summed E-state index contributed by atoms with van der Waals surface area (Å²) in [7, 11) is 0. The summed E-state index contributed by atoms with van der Waals surface area (Å²) in [6.07, 6.45) is -3.01. The first kappa shape index (κ1) is 15.3. The minimum absolute atomic E-state index is 0. The van der Waals surface area contributed by atoms with Gasteiger partial charge in [0.05, 0.1) is 10.6 Å². The lowest BCUT2D eigenvalue weighted by Crippen LogP contribution is -2.09. The van der Waals surface area contributed by atoms with Crippen molar-refractivity contribution in [2.45, 2.75) is 12.2 Å². The first-order chi connectivity index (χ1) is 6.86. The third-order valence-corrected chi connectivity index (χ3v) is 2.25. The molecule has 0 saturated carbocycles. The average Bonchev–Trinajstić information content (AvgIpc) is 2.14. The normalized spacial score (nSPS) is 12.8. The van der Waals surface area contributed by atoms with E-state index in [0.717, 1.165) is 6.07 Å². The van der Waals surface area contributed by atoms with Crippen molar-refractivity contribution in [3.8, 4) is 0 Å². The molecule has 0 bridgehead atoms. The van der Waals surface area contributed by atoms with Crippen LogP contribution in [-0.4, -0.2) is 0 Å². The zero-order valence-corrected chi connectivity index (χ0v) is 9.66. The molecule has 0 saturated heterocycles. The highest BCUT2D eigenvalue weighted by Crippen LogP contribution is 2.35. The van der Waals surface area contributed by atoms with Crippen molar-refractivity contribution >= 4 is 24.0 Å². The van der Waals surface area contributed by atoms with E-state index >= 15 is 0 Å². The predicted molar refractivity (Wildman–Crippen MR) is 60.8 cm³/mol. The van der Waals surface area contributed by atoms with Gasteiger partial charge in [-0.05, 0) is 17.7 Å². The van der Waals surface area contributed by atoms with Crippen LogP contribution in [0.25, 0.3) is 0 Å². The number of nitrogens with two attached hydrogens (primary N) is 1. The Morgan fingerprint density at radius 1 is 1.38 bits per heavy atom. The molecule has 1 rings (SSSR count). The Morgan fingerprint density at radius 3 is 2.31 bits per heavy atom. The van der Waals surface area contributed by atoms with Gasteiger partial charge >= 0.3 is 6.18 Å². The van der Waals surface area contributed by atoms with E-state index in [4.69, 9.17) is 17.3 Å². The summed E-state index contributed by atoms with van der Waals surface area (Å²) < 4.78 is 37.0. The van der Waals surface area contributed by atoms with E-state index in [0.29, 0.717) is 5.56 Å². The van der Waals surface area contributed by atoms with Crippen LogP contribution < -0.4 is 5.73 Å². The molecule has 1 aromatic carbocycles. The zero-order valence-electron chi connectivity index (χ0n) is 8.09. The minimum Gasteiger partial charge on any atom is -0.321 e. The summed E-state index contributed by atoms with van der Waals surface area (Å²) in [6.45, 7) is 3.45. The highest BCUT2D eigenvalue weighted by molar-refractivity contribution is 6.31. The Hall–Kier alpha value is -0.710. The van der Waals surface area contributed by atoms with Gasteiger partial charge in [-0.15, -0.1) is 19.0 Å². The van der Waals surface area contributed by atoms with Crippen LogP contribution in [0.4, 0.5) is 13.2 Å². The van der Waals surface area contributed by atoms with E-state index in [-0.39, 0.29) is 17.4 Å². The lowest BCUT2D eigenvalue weighted by atomic mass is 10.1. The van der Waals surface area contributed by atoms with Gasteiger partial charge < -0.3 is 5.73 Å². The van der Waals surface area contributed by atoms with Gasteiger partial charge in [0, 0.05) is 6.04 Å². The highest BCUT2D eigenvalue weighted by atomic mass is 35.5. The highest BCUT2D eigenvalue weighted by Gasteiger charge is 2.33. The SMILES string of the molecule is C=C[C@@H](N)c1ccc(C(F)(F)F)c(Cl)c1.Cl. The van der Waals surface area contributed by atoms with E-state index in [9.17, 15) is 13.2 Å². The molecule has 1 nitrogen and oxygen atoms in total. The van der Waals surface area contributed by atoms with Crippen molar-refractivity contribution in [3.63, 3.8) is 0 Å². The van der Waals surface area contributed by atoms with Crippen LogP contribution in [0, 0.1) is 0 Å². The van der Waals surface area contributed by atoms with Crippen molar-refractivity contribution in [2.75, 3.05) is 0 Å². The Balaban J connectivity index is 0.00000225. The molecule has 0 fully saturated rings. The summed E-state index contributed by atoms with van der Waals surface area (Å²) in [5, 5.41) is -0.350. The largest absolute Gasteiger partial charge is 0.417 e. The van der Waals surface area contributed by atoms with Gasteiger partial charge in [-0.25, -0.2) is 0 Å². The molecule has 0 aliphatic heterocycles. The molecule has 90 valence electrons. The lowest BCUT2D eigenvalue weighted by molar-refractivity contribution is -0.137. The van der Waals surface area contributed by atoms with Crippen LogP contribution in [0.3, 0.4) is 0 Å². The minimum atomic E-state index is -4.44. The van der Waals surface area contributed by atoms with Gasteiger partial charge in [-0.2, -0.15) is 13.2 Å². The third-order valence-electron chi connectivity index (χ3n) is 1.94. The average molecular weight is 272 g/mol. The first-order valence-electron chi connectivity index (χ1n) is 4.11. The summed E-state index contributed by atoms with van der Waals surface area (Å²) in [6, 6.07) is 2.91. The van der Waals surface area contributed by atoms with Gasteiger partial charge in [-0.3, -0.25) is 0 Å². The molecule has 0 aromatic heterocycles. The number of hydrogen-bond donors (Lipinski definition) is 1. The molecule has 1 aromatic rings. The molecule has 16 heavy (non-hydrogen) atoms. The predicted octanol–water partition coefficient (Wildman–Crippen LogP) is 3.97. The van der Waals surface area contributed by atoms with Crippen LogP contribution in [-0.2, 0) is 6.18 Å². The molecule has 1 atom stereocenters. The Labute approximate surface area is 102 Å². The molecular formula is C10H10Cl2F3N. The summed E-state index contributed by atoms with van der Waals surface area (Å²) in [4.78, 5) is 0. The lowest BCUT2D eigenvalue weighted by Gasteiger charge is -2.12. The number of hydrogen-bond acceptors (Lipinski definition) is 1. The third kappa shape index (κ3) is 3.40. The maximum Gasteiger partial charge on any atom is 0.417 e. The van der Waals surface area contributed by atoms with Crippen molar-refractivity contribution in [2.24, 2.45) is 5.73 Å². The number of rotatable bonds is 2. The Kier molecular flexibility index (Phi) is 5.32. The van der Waals surface area contributed by atoms with Crippen molar-refractivity contribution in [3.05, 3.63) is 47.0 Å². The maximum absolute atomic E-state index is 12.3. The van der Waals surface area contributed by atoms with Crippen molar-refractivity contribution < 1.29 is 13.2 Å². The Morgan fingerprint density at radius 2 is 1.94 bits per heavy atom. The second kappa shape index (κ2) is 5.57. The zero-order chi connectivity index (χ0) is 11.6. The fraction of sp³-hybridized carbons (Fsp3) is 0.200. The van der Waals surface area contributed by atoms with Gasteiger partial charge in [0.25, 0.3) is 0 Å². The number of halogens is 5. The monoisotopic (exact) mass is 271 g/mol. The van der Waals surface area contributed by atoms with Crippen LogP contribution >= 0.6 is 24.0 Å². The molecule has 6 heteroatoms. The van der Waals surface area contributed by atoms with E-state index in [1.54, 1.807) is 0 Å².